The van der Waals surface area contributed by atoms with Gasteiger partial charge in [-0.1, -0.05) is 47.5 Å². The van der Waals surface area contributed by atoms with Gasteiger partial charge < -0.3 is 4.90 Å². The molecular formula is C19H19Cl2NOS. The Morgan fingerprint density at radius 1 is 1.25 bits per heavy atom. The van der Waals surface area contributed by atoms with Crippen molar-refractivity contribution in [2.45, 2.75) is 30.7 Å². The lowest BCUT2D eigenvalue weighted by atomic mass is 9.93. The third kappa shape index (κ3) is 3.30. The fourth-order valence-electron chi connectivity index (χ4n) is 3.26. The van der Waals surface area contributed by atoms with Gasteiger partial charge in [0.25, 0.3) is 0 Å². The van der Waals surface area contributed by atoms with E-state index in [1.54, 1.807) is 11.8 Å². The minimum Gasteiger partial charge on any atom is -0.335 e. The third-order valence-corrected chi connectivity index (χ3v) is 6.29. The summed E-state index contributed by atoms with van der Waals surface area (Å²) in [7, 11) is 0. The first-order valence-corrected chi connectivity index (χ1v) is 9.89. The van der Waals surface area contributed by atoms with E-state index in [1.807, 2.05) is 29.4 Å². The summed E-state index contributed by atoms with van der Waals surface area (Å²) in [6, 6.07) is 12.1. The molecular weight excluding hydrogens is 361 g/mol. The van der Waals surface area contributed by atoms with Crippen LogP contribution in [0.15, 0.2) is 41.3 Å². The fourth-order valence-corrected chi connectivity index (χ4v) is 4.50. The molecule has 0 spiro atoms. The second-order valence-electron chi connectivity index (χ2n) is 5.93. The van der Waals surface area contributed by atoms with E-state index >= 15 is 0 Å². The molecule has 1 aliphatic rings. The maximum Gasteiger partial charge on any atom is 0.227 e. The number of fused-ring (bicyclic) bond motifs is 1. The van der Waals surface area contributed by atoms with Crippen LogP contribution in [0.3, 0.4) is 0 Å². The summed E-state index contributed by atoms with van der Waals surface area (Å²) >= 11 is 14.3. The van der Waals surface area contributed by atoms with Crippen molar-refractivity contribution in [2.75, 3.05) is 12.8 Å². The number of hydrogen-bond acceptors (Lipinski definition) is 2. The number of amides is 1. The molecule has 0 bridgehead atoms. The van der Waals surface area contributed by atoms with Crippen LogP contribution in [0, 0.1) is 0 Å². The number of nitrogens with zero attached hydrogens (tertiary/aromatic N) is 1. The summed E-state index contributed by atoms with van der Waals surface area (Å²) in [5.41, 5.74) is 3.28. The Bertz CT molecular complexity index is 778. The average Bonchev–Trinajstić information content (AvgIpc) is 2.59. The molecule has 1 atom stereocenters. The van der Waals surface area contributed by atoms with Crippen molar-refractivity contribution in [1.29, 1.82) is 0 Å². The monoisotopic (exact) mass is 379 g/mol. The van der Waals surface area contributed by atoms with E-state index in [1.165, 1.54) is 11.1 Å². The standard InChI is InChI=1S/C19H19Cl2NOS/c1-12-14-6-4-3-5-13(14)9-10-22(12)18(23)11-15-16(20)7-8-17(24-2)19(15)21/h3-8,12H,9-11H2,1-2H3/t12-/m0/s1. The Morgan fingerprint density at radius 3 is 2.75 bits per heavy atom. The fraction of sp³-hybridized carbons (Fsp3) is 0.316. The highest BCUT2D eigenvalue weighted by molar-refractivity contribution is 7.98. The van der Waals surface area contributed by atoms with Crippen LogP contribution in [0.1, 0.15) is 29.7 Å². The van der Waals surface area contributed by atoms with Crippen LogP contribution in [-0.2, 0) is 17.6 Å². The van der Waals surface area contributed by atoms with Gasteiger partial charge in [0.2, 0.25) is 5.91 Å². The van der Waals surface area contributed by atoms with Crippen molar-refractivity contribution in [2.24, 2.45) is 0 Å². The summed E-state index contributed by atoms with van der Waals surface area (Å²) < 4.78 is 0. The predicted octanol–water partition coefficient (Wildman–Crippen LogP) is 5.40. The molecule has 3 rings (SSSR count). The predicted molar refractivity (Wildman–Crippen MR) is 102 cm³/mol. The lowest BCUT2D eigenvalue weighted by Crippen LogP contribution is -2.39. The lowest BCUT2D eigenvalue weighted by Gasteiger charge is -2.35. The van der Waals surface area contributed by atoms with Crippen molar-refractivity contribution in [3.05, 3.63) is 63.1 Å². The number of halogens is 2. The van der Waals surface area contributed by atoms with E-state index in [9.17, 15) is 4.79 Å². The molecule has 1 heterocycles. The molecule has 2 nitrogen and oxygen atoms in total. The van der Waals surface area contributed by atoms with E-state index in [0.29, 0.717) is 10.0 Å². The Labute approximate surface area is 157 Å². The first kappa shape index (κ1) is 17.7. The summed E-state index contributed by atoms with van der Waals surface area (Å²) in [6.07, 6.45) is 3.08. The van der Waals surface area contributed by atoms with Gasteiger partial charge in [0.1, 0.15) is 0 Å². The van der Waals surface area contributed by atoms with E-state index in [4.69, 9.17) is 23.2 Å². The number of rotatable bonds is 3. The maximum absolute atomic E-state index is 12.9. The molecule has 0 fully saturated rings. The van der Waals surface area contributed by atoms with Gasteiger partial charge in [-0.15, -0.1) is 11.8 Å². The number of thioether (sulfide) groups is 1. The topological polar surface area (TPSA) is 20.3 Å². The number of carbonyl (C=O) groups excluding carboxylic acids is 1. The molecule has 2 aromatic rings. The summed E-state index contributed by atoms with van der Waals surface area (Å²) in [5, 5.41) is 1.14. The summed E-state index contributed by atoms with van der Waals surface area (Å²) in [4.78, 5) is 15.8. The van der Waals surface area contributed by atoms with Crippen molar-refractivity contribution in [3.8, 4) is 0 Å². The normalized spacial score (nSPS) is 16.8. The van der Waals surface area contributed by atoms with Gasteiger partial charge >= 0.3 is 0 Å². The minimum absolute atomic E-state index is 0.0686. The second-order valence-corrected chi connectivity index (χ2v) is 7.56. The minimum atomic E-state index is 0.0686. The molecule has 2 aromatic carbocycles. The zero-order chi connectivity index (χ0) is 17.3. The van der Waals surface area contributed by atoms with Gasteiger partial charge in [-0.3, -0.25) is 4.79 Å². The van der Waals surface area contributed by atoms with Crippen molar-refractivity contribution in [3.63, 3.8) is 0 Å². The van der Waals surface area contributed by atoms with Crippen molar-refractivity contribution < 1.29 is 4.79 Å². The molecule has 1 aliphatic heterocycles. The summed E-state index contributed by atoms with van der Waals surface area (Å²) in [6.45, 7) is 2.81. The number of carbonyl (C=O) groups is 1. The first-order valence-electron chi connectivity index (χ1n) is 7.91. The maximum atomic E-state index is 12.9. The zero-order valence-corrected chi connectivity index (χ0v) is 16.0. The SMILES string of the molecule is CSc1ccc(Cl)c(CC(=O)N2CCc3ccccc3[C@@H]2C)c1Cl. The zero-order valence-electron chi connectivity index (χ0n) is 13.7. The van der Waals surface area contributed by atoms with E-state index < -0.39 is 0 Å². The van der Waals surface area contributed by atoms with Crippen LogP contribution < -0.4 is 0 Å². The van der Waals surface area contributed by atoms with Gasteiger partial charge in [0, 0.05) is 16.5 Å². The molecule has 1 amide bonds. The molecule has 0 saturated carbocycles. The van der Waals surface area contributed by atoms with E-state index in [0.717, 1.165) is 23.4 Å². The number of hydrogen-bond donors (Lipinski definition) is 0. The van der Waals surface area contributed by atoms with Crippen molar-refractivity contribution in [1.82, 2.24) is 4.90 Å². The molecule has 0 unspecified atom stereocenters. The highest BCUT2D eigenvalue weighted by Gasteiger charge is 2.28. The average molecular weight is 380 g/mol. The largest absolute Gasteiger partial charge is 0.335 e. The van der Waals surface area contributed by atoms with Crippen LogP contribution in [-0.4, -0.2) is 23.6 Å². The quantitative estimate of drug-likeness (QED) is 0.664. The van der Waals surface area contributed by atoms with Crippen LogP contribution in [0.25, 0.3) is 0 Å². The first-order chi connectivity index (χ1) is 11.5. The van der Waals surface area contributed by atoms with E-state index in [2.05, 4.69) is 25.1 Å². The molecule has 0 N–H and O–H groups in total. The van der Waals surface area contributed by atoms with Crippen LogP contribution in [0.4, 0.5) is 0 Å². The molecule has 0 saturated heterocycles. The Morgan fingerprint density at radius 2 is 2.00 bits per heavy atom. The second kappa shape index (κ2) is 7.38. The van der Waals surface area contributed by atoms with Gasteiger partial charge in [-0.25, -0.2) is 0 Å². The molecule has 0 aliphatic carbocycles. The van der Waals surface area contributed by atoms with Gasteiger partial charge in [-0.2, -0.15) is 0 Å². The molecule has 126 valence electrons. The van der Waals surface area contributed by atoms with Gasteiger partial charge in [0.15, 0.2) is 0 Å². The molecule has 24 heavy (non-hydrogen) atoms. The van der Waals surface area contributed by atoms with Gasteiger partial charge in [-0.05, 0) is 48.4 Å². The smallest absolute Gasteiger partial charge is 0.227 e. The molecule has 0 radical (unpaired) electrons. The van der Waals surface area contributed by atoms with Gasteiger partial charge in [0.05, 0.1) is 17.5 Å². The Balaban J connectivity index is 1.84. The van der Waals surface area contributed by atoms with E-state index in [-0.39, 0.29) is 18.4 Å². The summed E-state index contributed by atoms with van der Waals surface area (Å²) in [5.74, 6) is 0.0686. The van der Waals surface area contributed by atoms with Crippen LogP contribution in [0.2, 0.25) is 10.0 Å². The molecule has 5 heteroatoms. The highest BCUT2D eigenvalue weighted by atomic mass is 35.5. The molecule has 0 aromatic heterocycles. The number of benzene rings is 2. The third-order valence-electron chi connectivity index (χ3n) is 4.61. The Hall–Kier alpha value is -1.16. The highest BCUT2D eigenvalue weighted by Crippen LogP contribution is 2.35. The Kier molecular flexibility index (Phi) is 5.43. The van der Waals surface area contributed by atoms with Crippen LogP contribution >= 0.6 is 35.0 Å². The van der Waals surface area contributed by atoms with Crippen molar-refractivity contribution >= 4 is 40.9 Å². The lowest BCUT2D eigenvalue weighted by molar-refractivity contribution is -0.133. The van der Waals surface area contributed by atoms with Crippen LogP contribution in [0.5, 0.6) is 0 Å².